The number of ether oxygens (including phenoxy) is 3. The molecule has 0 unspecified atom stereocenters. The molecular formula is C32H44O10. The predicted octanol–water partition coefficient (Wildman–Crippen LogP) is 2.56. The number of esters is 1. The molecule has 5 aliphatic rings. The fraction of sp³-hybridized carbons (Fsp3) is 0.750. The SMILES string of the molecule is CC(=O)O[C@@H]1C[C@]2(O)[C@@H]3CCC4=C[C@@H](O[C@@H]5O[C@@H](C)[C@H](O)[C@@H](O)[C@H]5O)CC[C@@]4(C)[C@H]3CC[C@]2(C)[C@H]1c1ccc(=O)oc1. The molecule has 42 heavy (non-hydrogen) atoms. The molecule has 4 N–H and O–H groups in total. The summed E-state index contributed by atoms with van der Waals surface area (Å²) in [6.45, 7) is 7.42. The Morgan fingerprint density at radius 2 is 1.79 bits per heavy atom. The second-order valence-electron chi connectivity index (χ2n) is 13.9. The highest BCUT2D eigenvalue weighted by Crippen LogP contribution is 2.70. The molecular weight excluding hydrogens is 544 g/mol. The summed E-state index contributed by atoms with van der Waals surface area (Å²) in [4.78, 5) is 23.9. The fourth-order valence-corrected chi connectivity index (χ4v) is 9.54. The third-order valence-electron chi connectivity index (χ3n) is 11.8. The largest absolute Gasteiger partial charge is 0.462 e. The third kappa shape index (κ3) is 4.52. The van der Waals surface area contributed by atoms with Crippen molar-refractivity contribution in [2.75, 3.05) is 0 Å². The topological polar surface area (TPSA) is 156 Å². The van der Waals surface area contributed by atoms with Crippen LogP contribution in [0.4, 0.5) is 0 Å². The zero-order valence-electron chi connectivity index (χ0n) is 24.8. The van der Waals surface area contributed by atoms with Gasteiger partial charge in [-0.3, -0.25) is 4.79 Å². The molecule has 0 bridgehead atoms. The molecule has 13 atom stereocenters. The van der Waals surface area contributed by atoms with Crippen LogP contribution in [0.1, 0.15) is 84.1 Å². The summed E-state index contributed by atoms with van der Waals surface area (Å²) in [7, 11) is 0. The van der Waals surface area contributed by atoms with Gasteiger partial charge >= 0.3 is 11.6 Å². The van der Waals surface area contributed by atoms with E-state index in [0.717, 1.165) is 37.7 Å². The summed E-state index contributed by atoms with van der Waals surface area (Å²) in [6, 6.07) is 3.11. The Morgan fingerprint density at radius 3 is 2.48 bits per heavy atom. The molecule has 0 amide bonds. The second-order valence-corrected chi connectivity index (χ2v) is 13.9. The molecule has 10 nitrogen and oxygen atoms in total. The monoisotopic (exact) mass is 588 g/mol. The number of carbonyl (C=O) groups is 1. The molecule has 232 valence electrons. The molecule has 10 heteroatoms. The van der Waals surface area contributed by atoms with Crippen molar-refractivity contribution in [3.8, 4) is 0 Å². The first-order chi connectivity index (χ1) is 19.8. The standard InChI is InChI=1S/C32H44O10/c1-16-26(35)27(36)28(37)29(40-16)42-20-9-11-30(3)19(13-20)6-7-22-21(30)10-12-31(4)25(18-5-8-24(34)39-15-18)23(41-17(2)33)14-32(22,31)38/h5,8,13,15-16,20-23,25-29,35-38H,6-7,9-12,14H2,1-4H3/t16-,20-,21-,22+,23+,25-,26-,27+,28+,29-,30+,31+,32-/m0/s1. The molecule has 4 aliphatic carbocycles. The zero-order chi connectivity index (χ0) is 30.2. The Labute approximate surface area is 245 Å². The minimum Gasteiger partial charge on any atom is -0.462 e. The molecule has 1 aromatic rings. The van der Waals surface area contributed by atoms with Crippen LogP contribution in [0, 0.1) is 22.7 Å². The molecule has 3 saturated carbocycles. The first-order valence-corrected chi connectivity index (χ1v) is 15.3. The van der Waals surface area contributed by atoms with Gasteiger partial charge in [-0.05, 0) is 74.3 Å². The van der Waals surface area contributed by atoms with Crippen LogP contribution in [0.15, 0.2) is 39.3 Å². The quantitative estimate of drug-likeness (QED) is 0.305. The molecule has 1 aromatic heterocycles. The molecule has 1 saturated heterocycles. The number of fused-ring (bicyclic) bond motifs is 5. The minimum atomic E-state index is -1.35. The maximum Gasteiger partial charge on any atom is 0.335 e. The lowest BCUT2D eigenvalue weighted by atomic mass is 9.45. The second kappa shape index (κ2) is 10.5. The van der Waals surface area contributed by atoms with Gasteiger partial charge in [0.25, 0.3) is 0 Å². The summed E-state index contributed by atoms with van der Waals surface area (Å²) < 4.78 is 22.9. The van der Waals surface area contributed by atoms with Crippen LogP contribution in [-0.2, 0) is 19.0 Å². The molecule has 0 spiro atoms. The maximum atomic E-state index is 12.7. The van der Waals surface area contributed by atoms with Gasteiger partial charge in [0.1, 0.15) is 24.4 Å². The lowest BCUT2D eigenvalue weighted by Gasteiger charge is -2.61. The third-order valence-corrected chi connectivity index (χ3v) is 11.8. The number of carbonyl (C=O) groups excluding carboxylic acids is 1. The average Bonchev–Trinajstić information content (AvgIpc) is 3.17. The van der Waals surface area contributed by atoms with Crippen molar-refractivity contribution >= 4 is 5.97 Å². The summed E-state index contributed by atoms with van der Waals surface area (Å²) in [5.74, 6) is -0.484. The minimum absolute atomic E-state index is 0.00405. The summed E-state index contributed by atoms with van der Waals surface area (Å²) in [6.07, 6.45) is 2.24. The summed E-state index contributed by atoms with van der Waals surface area (Å²) >= 11 is 0. The highest BCUT2D eigenvalue weighted by molar-refractivity contribution is 5.66. The molecule has 1 aliphatic heterocycles. The van der Waals surface area contributed by atoms with Gasteiger partial charge in [0.05, 0.1) is 24.1 Å². The van der Waals surface area contributed by atoms with E-state index in [1.807, 2.05) is 0 Å². The fourth-order valence-electron chi connectivity index (χ4n) is 9.54. The number of rotatable bonds is 4. The van der Waals surface area contributed by atoms with Crippen molar-refractivity contribution in [3.63, 3.8) is 0 Å². The van der Waals surface area contributed by atoms with Crippen LogP contribution in [0.2, 0.25) is 0 Å². The lowest BCUT2D eigenvalue weighted by molar-refractivity contribution is -0.301. The Hall–Kier alpha value is -2.08. The van der Waals surface area contributed by atoms with Crippen molar-refractivity contribution in [1.29, 1.82) is 0 Å². The van der Waals surface area contributed by atoms with Gasteiger partial charge in [-0.25, -0.2) is 4.79 Å². The Balaban J connectivity index is 1.26. The maximum absolute atomic E-state index is 12.7. The van der Waals surface area contributed by atoms with E-state index < -0.39 is 59.4 Å². The molecule has 2 heterocycles. The van der Waals surface area contributed by atoms with Crippen LogP contribution in [-0.4, -0.2) is 74.9 Å². The number of hydrogen-bond donors (Lipinski definition) is 4. The van der Waals surface area contributed by atoms with Crippen LogP contribution >= 0.6 is 0 Å². The number of aliphatic hydroxyl groups excluding tert-OH is 3. The van der Waals surface area contributed by atoms with E-state index in [0.29, 0.717) is 12.8 Å². The van der Waals surface area contributed by atoms with Gasteiger partial charge in [-0.2, -0.15) is 0 Å². The predicted molar refractivity (Wildman–Crippen MR) is 149 cm³/mol. The highest BCUT2D eigenvalue weighted by Gasteiger charge is 2.70. The average molecular weight is 589 g/mol. The van der Waals surface area contributed by atoms with Gasteiger partial charge in [0.15, 0.2) is 6.29 Å². The van der Waals surface area contributed by atoms with E-state index >= 15 is 0 Å². The van der Waals surface area contributed by atoms with E-state index in [1.165, 1.54) is 24.8 Å². The van der Waals surface area contributed by atoms with Crippen molar-refractivity contribution in [2.45, 2.75) is 127 Å². The van der Waals surface area contributed by atoms with Gasteiger partial charge in [0, 0.05) is 30.7 Å². The van der Waals surface area contributed by atoms with Gasteiger partial charge in [0.2, 0.25) is 0 Å². The van der Waals surface area contributed by atoms with E-state index in [4.69, 9.17) is 18.6 Å². The summed E-state index contributed by atoms with van der Waals surface area (Å²) in [5, 5.41) is 43.4. The molecule has 0 aromatic carbocycles. The smallest absolute Gasteiger partial charge is 0.335 e. The lowest BCUT2D eigenvalue weighted by Crippen LogP contribution is -2.60. The van der Waals surface area contributed by atoms with Crippen LogP contribution < -0.4 is 5.63 Å². The zero-order valence-corrected chi connectivity index (χ0v) is 24.8. The first kappa shape index (κ1) is 30.0. The number of allylic oxidation sites excluding steroid dienone is 1. The first-order valence-electron chi connectivity index (χ1n) is 15.3. The number of hydrogen-bond acceptors (Lipinski definition) is 10. The van der Waals surface area contributed by atoms with Gasteiger partial charge < -0.3 is 39.1 Å². The van der Waals surface area contributed by atoms with Gasteiger partial charge in [-0.1, -0.05) is 25.5 Å². The highest BCUT2D eigenvalue weighted by atomic mass is 16.7. The Bertz CT molecular complexity index is 1270. The van der Waals surface area contributed by atoms with E-state index in [1.54, 1.807) is 13.0 Å². The van der Waals surface area contributed by atoms with Gasteiger partial charge in [-0.15, -0.1) is 0 Å². The van der Waals surface area contributed by atoms with E-state index in [-0.39, 0.29) is 29.3 Å². The molecule has 0 radical (unpaired) electrons. The Morgan fingerprint density at radius 1 is 1.02 bits per heavy atom. The Kier molecular flexibility index (Phi) is 7.51. The normalized spacial score (nSPS) is 48.4. The van der Waals surface area contributed by atoms with Crippen molar-refractivity contribution < 1.29 is 43.8 Å². The molecule has 6 rings (SSSR count). The van der Waals surface area contributed by atoms with Crippen molar-refractivity contribution in [2.24, 2.45) is 22.7 Å². The van der Waals surface area contributed by atoms with Crippen LogP contribution in [0.3, 0.4) is 0 Å². The summed E-state index contributed by atoms with van der Waals surface area (Å²) in [5.41, 5.74) is -0.214. The van der Waals surface area contributed by atoms with Crippen molar-refractivity contribution in [3.05, 3.63) is 46.0 Å². The van der Waals surface area contributed by atoms with Crippen molar-refractivity contribution in [1.82, 2.24) is 0 Å². The number of aliphatic hydroxyl groups is 4. The van der Waals surface area contributed by atoms with Crippen LogP contribution in [0.25, 0.3) is 0 Å². The van der Waals surface area contributed by atoms with E-state index in [2.05, 4.69) is 19.9 Å². The van der Waals surface area contributed by atoms with Crippen LogP contribution in [0.5, 0.6) is 0 Å². The van der Waals surface area contributed by atoms with E-state index in [9.17, 15) is 30.0 Å². The molecule has 4 fully saturated rings.